The van der Waals surface area contributed by atoms with E-state index in [4.69, 9.17) is 16.0 Å². The average Bonchev–Trinajstić information content (AvgIpc) is 2.79. The van der Waals surface area contributed by atoms with E-state index in [-0.39, 0.29) is 5.54 Å². The second-order valence-corrected chi connectivity index (χ2v) is 6.76. The van der Waals surface area contributed by atoms with E-state index in [1.165, 1.54) is 0 Å². The second kappa shape index (κ2) is 6.24. The van der Waals surface area contributed by atoms with Gasteiger partial charge >= 0.3 is 0 Å². The molecule has 1 N–H and O–H groups in total. The standard InChI is InChI=1S/C14H17BrClN3O/c1-14(2,3)17-8-7-11-18-19-13(20-11)9-5-4-6-10(15)12(9)16/h4-6,17H,7-8H2,1-3H3. The third-order valence-electron chi connectivity index (χ3n) is 2.64. The topological polar surface area (TPSA) is 51.0 Å². The predicted octanol–water partition coefficient (Wildman–Crippen LogP) is 4.08. The van der Waals surface area contributed by atoms with Crippen molar-refractivity contribution < 1.29 is 4.42 Å². The van der Waals surface area contributed by atoms with Crippen LogP contribution in [0.5, 0.6) is 0 Å². The molecular weight excluding hydrogens is 342 g/mol. The van der Waals surface area contributed by atoms with Crippen molar-refractivity contribution in [3.63, 3.8) is 0 Å². The molecule has 0 unspecified atom stereocenters. The van der Waals surface area contributed by atoms with Gasteiger partial charge < -0.3 is 9.73 Å². The van der Waals surface area contributed by atoms with Crippen LogP contribution in [0.25, 0.3) is 11.5 Å². The van der Waals surface area contributed by atoms with Crippen LogP contribution in [0.3, 0.4) is 0 Å². The maximum atomic E-state index is 6.21. The van der Waals surface area contributed by atoms with Gasteiger partial charge in [0.05, 0.1) is 10.6 Å². The third-order valence-corrected chi connectivity index (χ3v) is 3.94. The lowest BCUT2D eigenvalue weighted by atomic mass is 10.1. The Morgan fingerprint density at radius 2 is 2.05 bits per heavy atom. The van der Waals surface area contributed by atoms with E-state index in [0.717, 1.165) is 16.6 Å². The Morgan fingerprint density at radius 1 is 1.30 bits per heavy atom. The van der Waals surface area contributed by atoms with Crippen LogP contribution in [0.2, 0.25) is 5.02 Å². The van der Waals surface area contributed by atoms with Crippen LogP contribution in [0.4, 0.5) is 0 Å². The number of nitrogens with one attached hydrogen (secondary N) is 1. The third kappa shape index (κ3) is 4.04. The van der Waals surface area contributed by atoms with E-state index in [9.17, 15) is 0 Å². The monoisotopic (exact) mass is 357 g/mol. The normalized spacial score (nSPS) is 11.8. The Balaban J connectivity index is 2.07. The highest BCUT2D eigenvalue weighted by atomic mass is 79.9. The molecule has 2 rings (SSSR count). The number of rotatable bonds is 4. The van der Waals surface area contributed by atoms with Crippen molar-refractivity contribution in [2.24, 2.45) is 0 Å². The minimum absolute atomic E-state index is 0.0798. The first kappa shape index (κ1) is 15.5. The molecule has 4 nitrogen and oxygen atoms in total. The van der Waals surface area contributed by atoms with Gasteiger partial charge in [0.1, 0.15) is 0 Å². The zero-order chi connectivity index (χ0) is 14.8. The molecule has 1 aromatic heterocycles. The molecule has 0 amide bonds. The van der Waals surface area contributed by atoms with Crippen LogP contribution in [0.15, 0.2) is 27.1 Å². The zero-order valence-corrected chi connectivity index (χ0v) is 14.0. The van der Waals surface area contributed by atoms with Crippen molar-refractivity contribution in [1.29, 1.82) is 0 Å². The quantitative estimate of drug-likeness (QED) is 0.894. The van der Waals surface area contributed by atoms with Gasteiger partial charge in [-0.25, -0.2) is 0 Å². The summed E-state index contributed by atoms with van der Waals surface area (Å²) in [4.78, 5) is 0. The molecule has 0 fully saturated rings. The average molecular weight is 359 g/mol. The maximum Gasteiger partial charge on any atom is 0.249 e. The van der Waals surface area contributed by atoms with E-state index >= 15 is 0 Å². The lowest BCUT2D eigenvalue weighted by Gasteiger charge is -2.19. The fourth-order valence-electron chi connectivity index (χ4n) is 1.68. The highest BCUT2D eigenvalue weighted by Gasteiger charge is 2.14. The summed E-state index contributed by atoms with van der Waals surface area (Å²) in [5.41, 5.74) is 0.819. The van der Waals surface area contributed by atoms with Crippen LogP contribution in [0.1, 0.15) is 26.7 Å². The number of aromatic nitrogens is 2. The first-order valence-electron chi connectivity index (χ1n) is 6.38. The molecule has 1 heterocycles. The van der Waals surface area contributed by atoms with Gasteiger partial charge in [-0.15, -0.1) is 10.2 Å². The molecule has 0 bridgehead atoms. The zero-order valence-electron chi connectivity index (χ0n) is 11.7. The molecule has 6 heteroatoms. The minimum Gasteiger partial charge on any atom is -0.421 e. The molecule has 0 spiro atoms. The van der Waals surface area contributed by atoms with Crippen LogP contribution >= 0.6 is 27.5 Å². The number of hydrogen-bond acceptors (Lipinski definition) is 4. The second-order valence-electron chi connectivity index (χ2n) is 5.53. The van der Waals surface area contributed by atoms with Crippen molar-refractivity contribution in [3.8, 4) is 11.5 Å². The van der Waals surface area contributed by atoms with E-state index in [2.05, 4.69) is 52.2 Å². The molecule has 0 saturated carbocycles. The minimum atomic E-state index is 0.0798. The van der Waals surface area contributed by atoms with Crippen molar-refractivity contribution in [3.05, 3.63) is 33.6 Å². The fraction of sp³-hybridized carbons (Fsp3) is 0.429. The molecule has 1 aromatic carbocycles. The van der Waals surface area contributed by atoms with Crippen molar-refractivity contribution in [1.82, 2.24) is 15.5 Å². The summed E-state index contributed by atoms with van der Waals surface area (Å²) in [7, 11) is 0. The summed E-state index contributed by atoms with van der Waals surface area (Å²) in [6.07, 6.45) is 0.690. The van der Waals surface area contributed by atoms with Crippen molar-refractivity contribution >= 4 is 27.5 Å². The molecule has 0 radical (unpaired) electrons. The Morgan fingerprint density at radius 3 is 2.75 bits per heavy atom. The Bertz CT molecular complexity index is 592. The molecule has 2 aromatic rings. The summed E-state index contributed by atoms with van der Waals surface area (Å²) in [6.45, 7) is 7.14. The van der Waals surface area contributed by atoms with E-state index in [1.807, 2.05) is 18.2 Å². The van der Waals surface area contributed by atoms with E-state index in [0.29, 0.717) is 23.2 Å². The lowest BCUT2D eigenvalue weighted by Crippen LogP contribution is -2.37. The Hall–Kier alpha value is -0.910. The molecule has 0 aliphatic heterocycles. The largest absolute Gasteiger partial charge is 0.421 e. The van der Waals surface area contributed by atoms with Gasteiger partial charge in [-0.3, -0.25) is 0 Å². The van der Waals surface area contributed by atoms with Crippen LogP contribution < -0.4 is 5.32 Å². The molecule has 0 saturated heterocycles. The number of hydrogen-bond donors (Lipinski definition) is 1. The van der Waals surface area contributed by atoms with Gasteiger partial charge in [-0.1, -0.05) is 17.7 Å². The van der Waals surface area contributed by atoms with Crippen LogP contribution in [-0.2, 0) is 6.42 Å². The smallest absolute Gasteiger partial charge is 0.249 e. The predicted molar refractivity (Wildman–Crippen MR) is 83.9 cm³/mol. The summed E-state index contributed by atoms with van der Waals surface area (Å²) < 4.78 is 6.46. The molecule has 0 aliphatic carbocycles. The number of benzene rings is 1. The highest BCUT2D eigenvalue weighted by molar-refractivity contribution is 9.10. The molecule has 0 atom stereocenters. The Labute approximate surface area is 132 Å². The maximum absolute atomic E-state index is 6.21. The Kier molecular flexibility index (Phi) is 4.83. The van der Waals surface area contributed by atoms with Crippen LogP contribution in [0, 0.1) is 0 Å². The van der Waals surface area contributed by atoms with Gasteiger partial charge in [0.25, 0.3) is 0 Å². The van der Waals surface area contributed by atoms with Crippen molar-refractivity contribution in [2.45, 2.75) is 32.7 Å². The van der Waals surface area contributed by atoms with E-state index in [1.54, 1.807) is 0 Å². The van der Waals surface area contributed by atoms with E-state index < -0.39 is 0 Å². The first-order valence-corrected chi connectivity index (χ1v) is 7.56. The summed E-state index contributed by atoms with van der Waals surface area (Å²) >= 11 is 9.60. The van der Waals surface area contributed by atoms with Gasteiger partial charge in [0.2, 0.25) is 11.8 Å². The lowest BCUT2D eigenvalue weighted by molar-refractivity contribution is 0.412. The van der Waals surface area contributed by atoms with Gasteiger partial charge in [0, 0.05) is 23.0 Å². The number of nitrogens with zero attached hydrogens (tertiary/aromatic N) is 2. The van der Waals surface area contributed by atoms with Gasteiger partial charge in [0.15, 0.2) is 0 Å². The molecular formula is C14H17BrClN3O. The summed E-state index contributed by atoms with van der Waals surface area (Å²) in [5, 5.41) is 12.1. The van der Waals surface area contributed by atoms with Gasteiger partial charge in [-0.2, -0.15) is 0 Å². The SMILES string of the molecule is CC(C)(C)NCCc1nnc(-c2cccc(Br)c2Cl)o1. The summed E-state index contributed by atoms with van der Waals surface area (Å²) in [6, 6.07) is 5.62. The highest BCUT2D eigenvalue weighted by Crippen LogP contribution is 2.32. The summed E-state index contributed by atoms with van der Waals surface area (Å²) in [5.74, 6) is 1.05. The van der Waals surface area contributed by atoms with Gasteiger partial charge in [-0.05, 0) is 48.8 Å². The first-order chi connectivity index (χ1) is 9.37. The van der Waals surface area contributed by atoms with Crippen molar-refractivity contribution in [2.75, 3.05) is 6.54 Å². The molecule has 20 heavy (non-hydrogen) atoms. The fourth-order valence-corrected chi connectivity index (χ4v) is 2.25. The van der Waals surface area contributed by atoms with Crippen LogP contribution in [-0.4, -0.2) is 22.3 Å². The molecule has 0 aliphatic rings. The molecule has 108 valence electrons. The number of halogens is 2.